The fraction of sp³-hybridized carbons (Fsp3) is 0.438. The Balaban J connectivity index is 1.82. The van der Waals surface area contributed by atoms with Crippen molar-refractivity contribution < 1.29 is 9.53 Å². The van der Waals surface area contributed by atoms with Crippen molar-refractivity contribution in [3.05, 3.63) is 30.0 Å². The highest BCUT2D eigenvalue weighted by molar-refractivity contribution is 6.07. The molecular formula is C16H21N3O2. The molecule has 0 aliphatic carbocycles. The van der Waals surface area contributed by atoms with Crippen LogP contribution in [0.5, 0.6) is 5.75 Å². The molecule has 1 saturated heterocycles. The van der Waals surface area contributed by atoms with Crippen molar-refractivity contribution >= 4 is 16.8 Å². The number of methoxy groups -OCH3 is 1. The summed E-state index contributed by atoms with van der Waals surface area (Å²) in [5.74, 6) is 0.905. The maximum absolute atomic E-state index is 12.7. The summed E-state index contributed by atoms with van der Waals surface area (Å²) >= 11 is 0. The first-order valence-corrected chi connectivity index (χ1v) is 7.39. The van der Waals surface area contributed by atoms with Gasteiger partial charge in [-0.3, -0.25) is 4.79 Å². The highest BCUT2D eigenvalue weighted by atomic mass is 16.5. The number of piperazine rings is 1. The molecule has 1 N–H and O–H groups in total. The molecule has 2 aromatic rings. The molecule has 2 heterocycles. The predicted molar refractivity (Wildman–Crippen MR) is 82.9 cm³/mol. The van der Waals surface area contributed by atoms with Gasteiger partial charge in [0, 0.05) is 49.3 Å². The molecule has 1 aromatic heterocycles. The molecule has 5 heteroatoms. The summed E-state index contributed by atoms with van der Waals surface area (Å²) in [6.45, 7) is 6.72. The summed E-state index contributed by atoms with van der Waals surface area (Å²) in [6, 6.07) is 5.75. The number of hydrogen-bond acceptors (Lipinski definition) is 3. The van der Waals surface area contributed by atoms with Gasteiger partial charge in [0.1, 0.15) is 5.75 Å². The van der Waals surface area contributed by atoms with Gasteiger partial charge in [-0.2, -0.15) is 0 Å². The van der Waals surface area contributed by atoms with Crippen LogP contribution < -0.4 is 4.74 Å². The van der Waals surface area contributed by atoms with Gasteiger partial charge in [0.05, 0.1) is 12.7 Å². The number of aromatic nitrogens is 1. The van der Waals surface area contributed by atoms with Gasteiger partial charge in [-0.1, -0.05) is 6.92 Å². The summed E-state index contributed by atoms with van der Waals surface area (Å²) in [6.07, 6.45) is 1.80. The Bertz CT molecular complexity index is 642. The Morgan fingerprint density at radius 2 is 2.05 bits per heavy atom. The average Bonchev–Trinajstić information content (AvgIpc) is 2.97. The first-order valence-electron chi connectivity index (χ1n) is 7.39. The largest absolute Gasteiger partial charge is 0.497 e. The Kier molecular flexibility index (Phi) is 3.84. The van der Waals surface area contributed by atoms with Gasteiger partial charge in [0.15, 0.2) is 0 Å². The van der Waals surface area contributed by atoms with Crippen molar-refractivity contribution in [1.29, 1.82) is 0 Å². The second kappa shape index (κ2) is 5.77. The van der Waals surface area contributed by atoms with Gasteiger partial charge in [-0.05, 0) is 18.7 Å². The number of carbonyl (C=O) groups excluding carboxylic acids is 1. The third-order valence-corrected chi connectivity index (χ3v) is 4.23. The van der Waals surface area contributed by atoms with Crippen LogP contribution in [0.3, 0.4) is 0 Å². The number of nitrogens with one attached hydrogen (secondary N) is 1. The number of aromatic amines is 1. The molecule has 1 fully saturated rings. The minimum atomic E-state index is 0.113. The lowest BCUT2D eigenvalue weighted by molar-refractivity contribution is 0.0645. The molecule has 5 nitrogen and oxygen atoms in total. The van der Waals surface area contributed by atoms with E-state index in [1.165, 1.54) is 0 Å². The third kappa shape index (κ3) is 2.61. The molecule has 0 unspecified atom stereocenters. The van der Waals surface area contributed by atoms with Crippen LogP contribution in [0.4, 0.5) is 0 Å². The molecule has 0 saturated carbocycles. The second-order valence-electron chi connectivity index (χ2n) is 5.34. The second-order valence-corrected chi connectivity index (χ2v) is 5.34. The van der Waals surface area contributed by atoms with Gasteiger partial charge < -0.3 is 19.5 Å². The van der Waals surface area contributed by atoms with Crippen LogP contribution in [0, 0.1) is 0 Å². The number of benzene rings is 1. The molecule has 21 heavy (non-hydrogen) atoms. The van der Waals surface area contributed by atoms with E-state index in [0.717, 1.165) is 54.9 Å². The van der Waals surface area contributed by atoms with E-state index in [-0.39, 0.29) is 5.91 Å². The molecule has 1 aliphatic heterocycles. The van der Waals surface area contributed by atoms with Crippen LogP contribution in [0.1, 0.15) is 17.3 Å². The Hall–Kier alpha value is -2.01. The van der Waals surface area contributed by atoms with E-state index < -0.39 is 0 Å². The molecule has 1 aromatic carbocycles. The number of nitrogens with zero attached hydrogens (tertiary/aromatic N) is 2. The van der Waals surface area contributed by atoms with Crippen molar-refractivity contribution in [1.82, 2.24) is 14.8 Å². The fourth-order valence-corrected chi connectivity index (χ4v) is 2.85. The lowest BCUT2D eigenvalue weighted by Crippen LogP contribution is -2.48. The van der Waals surface area contributed by atoms with Gasteiger partial charge in [0.25, 0.3) is 5.91 Å². The zero-order chi connectivity index (χ0) is 14.8. The van der Waals surface area contributed by atoms with Crippen molar-refractivity contribution in [3.8, 4) is 5.75 Å². The predicted octanol–water partition coefficient (Wildman–Crippen LogP) is 1.95. The van der Waals surface area contributed by atoms with Crippen LogP contribution in [0.2, 0.25) is 0 Å². The Labute approximate surface area is 124 Å². The van der Waals surface area contributed by atoms with Crippen LogP contribution in [-0.2, 0) is 0 Å². The van der Waals surface area contributed by atoms with Crippen LogP contribution >= 0.6 is 0 Å². The normalized spacial score (nSPS) is 16.4. The smallest absolute Gasteiger partial charge is 0.256 e. The number of H-pyrrole nitrogens is 1. The molecular weight excluding hydrogens is 266 g/mol. The number of fused-ring (bicyclic) bond motifs is 1. The van der Waals surface area contributed by atoms with E-state index in [2.05, 4.69) is 16.8 Å². The van der Waals surface area contributed by atoms with Crippen molar-refractivity contribution in [2.75, 3.05) is 39.8 Å². The number of hydrogen-bond donors (Lipinski definition) is 1. The van der Waals surface area contributed by atoms with Gasteiger partial charge in [-0.15, -0.1) is 0 Å². The lowest BCUT2D eigenvalue weighted by atomic mass is 10.1. The van der Waals surface area contributed by atoms with Crippen LogP contribution in [0.25, 0.3) is 10.9 Å². The molecule has 1 aliphatic rings. The number of carbonyl (C=O) groups is 1. The summed E-state index contributed by atoms with van der Waals surface area (Å²) in [5.41, 5.74) is 1.68. The van der Waals surface area contributed by atoms with Crippen molar-refractivity contribution in [2.24, 2.45) is 0 Å². The van der Waals surface area contributed by atoms with E-state index in [9.17, 15) is 4.79 Å². The van der Waals surface area contributed by atoms with Gasteiger partial charge >= 0.3 is 0 Å². The fourth-order valence-electron chi connectivity index (χ4n) is 2.85. The number of rotatable bonds is 3. The minimum absolute atomic E-state index is 0.113. The maximum atomic E-state index is 12.7. The number of ether oxygens (including phenoxy) is 1. The summed E-state index contributed by atoms with van der Waals surface area (Å²) in [4.78, 5) is 20.2. The molecule has 3 rings (SSSR count). The first kappa shape index (κ1) is 13.9. The van der Waals surface area contributed by atoms with Crippen molar-refractivity contribution in [3.63, 3.8) is 0 Å². The van der Waals surface area contributed by atoms with Crippen LogP contribution in [-0.4, -0.2) is 60.5 Å². The van der Waals surface area contributed by atoms with E-state index in [1.807, 2.05) is 23.1 Å². The SMILES string of the molecule is CCN1CCN(C(=O)c2c[nH]c3cc(OC)ccc23)CC1. The monoisotopic (exact) mass is 287 g/mol. The molecule has 112 valence electrons. The Morgan fingerprint density at radius 3 is 2.71 bits per heavy atom. The molecule has 0 spiro atoms. The third-order valence-electron chi connectivity index (χ3n) is 4.23. The number of amides is 1. The first-order chi connectivity index (χ1) is 10.2. The standard InChI is InChI=1S/C16H21N3O2/c1-3-18-6-8-19(9-7-18)16(20)14-11-17-15-10-12(21-2)4-5-13(14)15/h4-5,10-11,17H,3,6-9H2,1-2H3. The van der Waals surface area contributed by atoms with E-state index in [1.54, 1.807) is 13.3 Å². The van der Waals surface area contributed by atoms with Crippen molar-refractivity contribution in [2.45, 2.75) is 6.92 Å². The lowest BCUT2D eigenvalue weighted by Gasteiger charge is -2.34. The molecule has 0 radical (unpaired) electrons. The van der Waals surface area contributed by atoms with E-state index in [0.29, 0.717) is 0 Å². The van der Waals surface area contributed by atoms with E-state index in [4.69, 9.17) is 4.74 Å². The molecule has 1 amide bonds. The van der Waals surface area contributed by atoms with Gasteiger partial charge in [-0.25, -0.2) is 0 Å². The summed E-state index contributed by atoms with van der Waals surface area (Å²) < 4.78 is 5.21. The number of likely N-dealkylation sites (N-methyl/N-ethyl adjacent to an activating group) is 1. The highest BCUT2D eigenvalue weighted by Gasteiger charge is 2.23. The Morgan fingerprint density at radius 1 is 1.29 bits per heavy atom. The maximum Gasteiger partial charge on any atom is 0.256 e. The quantitative estimate of drug-likeness (QED) is 0.938. The zero-order valence-electron chi connectivity index (χ0n) is 12.6. The molecule has 0 atom stereocenters. The zero-order valence-corrected chi connectivity index (χ0v) is 12.6. The topological polar surface area (TPSA) is 48.6 Å². The summed E-state index contributed by atoms with van der Waals surface area (Å²) in [7, 11) is 1.64. The highest BCUT2D eigenvalue weighted by Crippen LogP contribution is 2.24. The van der Waals surface area contributed by atoms with Gasteiger partial charge in [0.2, 0.25) is 0 Å². The molecule has 0 bridgehead atoms. The van der Waals surface area contributed by atoms with E-state index >= 15 is 0 Å². The minimum Gasteiger partial charge on any atom is -0.497 e. The van der Waals surface area contributed by atoms with Crippen LogP contribution in [0.15, 0.2) is 24.4 Å². The summed E-state index contributed by atoms with van der Waals surface area (Å²) in [5, 5.41) is 0.957. The average molecular weight is 287 g/mol.